The molecule has 2 heterocycles. The van der Waals surface area contributed by atoms with Crippen LogP contribution in [0.25, 0.3) is 5.76 Å². The van der Waals surface area contributed by atoms with Crippen molar-refractivity contribution in [3.05, 3.63) is 100 Å². The van der Waals surface area contributed by atoms with Gasteiger partial charge in [-0.15, -0.1) is 0 Å². The monoisotopic (exact) mass is 470 g/mol. The summed E-state index contributed by atoms with van der Waals surface area (Å²) in [4.78, 5) is 32.1. The highest BCUT2D eigenvalue weighted by atomic mass is 16.5. The number of hydrogen-bond donors (Lipinski definition) is 1. The van der Waals surface area contributed by atoms with Crippen LogP contribution in [-0.4, -0.2) is 33.3 Å². The molecule has 1 N–H and O–H groups in total. The van der Waals surface area contributed by atoms with E-state index >= 15 is 0 Å². The predicted molar refractivity (Wildman–Crippen MR) is 135 cm³/mol. The second-order valence-corrected chi connectivity index (χ2v) is 9.02. The average Bonchev–Trinajstić information content (AvgIpc) is 3.10. The number of benzene rings is 2. The molecule has 4 rings (SSSR count). The van der Waals surface area contributed by atoms with Gasteiger partial charge in [-0.1, -0.05) is 44.2 Å². The smallest absolute Gasteiger partial charge is 0.295 e. The summed E-state index contributed by atoms with van der Waals surface area (Å²) < 4.78 is 5.61. The Balaban J connectivity index is 1.84. The van der Waals surface area contributed by atoms with Gasteiger partial charge in [0, 0.05) is 24.5 Å². The zero-order valence-corrected chi connectivity index (χ0v) is 20.5. The van der Waals surface area contributed by atoms with Crippen LogP contribution in [0.1, 0.15) is 60.5 Å². The summed E-state index contributed by atoms with van der Waals surface area (Å²) in [6.45, 7) is 8.73. The molecule has 1 atom stereocenters. The Hall–Kier alpha value is -3.93. The standard InChI is InChI=1S/C29H30N2O4/c1-5-35-24-13-12-23(15-19(24)4)27(32)25-26(22-10-8-21(9-11-22)18(2)3)31(29(34)28(25)33)17-20-7-6-14-30-16-20/h6-16,18,26,32H,5,17H2,1-4H3/t26-/m1/s1. The molecule has 180 valence electrons. The number of amides is 1. The fourth-order valence-electron chi connectivity index (χ4n) is 4.41. The fraction of sp³-hybridized carbons (Fsp3) is 0.276. The number of carbonyl (C=O) groups is 2. The van der Waals surface area contributed by atoms with Gasteiger partial charge in [-0.2, -0.15) is 0 Å². The number of aliphatic hydroxyl groups excluding tert-OH is 1. The molecule has 0 saturated carbocycles. The summed E-state index contributed by atoms with van der Waals surface area (Å²) in [5.74, 6) is -0.479. The highest BCUT2D eigenvalue weighted by Crippen LogP contribution is 2.41. The number of aliphatic hydroxyl groups is 1. The van der Waals surface area contributed by atoms with Crippen molar-refractivity contribution in [2.75, 3.05) is 6.61 Å². The number of pyridine rings is 1. The Morgan fingerprint density at radius 3 is 2.46 bits per heavy atom. The number of hydrogen-bond acceptors (Lipinski definition) is 5. The Morgan fingerprint density at radius 1 is 1.11 bits per heavy atom. The molecule has 2 aromatic carbocycles. The van der Waals surface area contributed by atoms with Crippen LogP contribution < -0.4 is 4.74 Å². The van der Waals surface area contributed by atoms with E-state index in [0.717, 1.165) is 22.3 Å². The molecule has 1 aliphatic heterocycles. The fourth-order valence-corrected chi connectivity index (χ4v) is 4.41. The van der Waals surface area contributed by atoms with Gasteiger partial charge in [0.15, 0.2) is 0 Å². The van der Waals surface area contributed by atoms with E-state index in [1.54, 1.807) is 36.7 Å². The van der Waals surface area contributed by atoms with Crippen molar-refractivity contribution in [2.24, 2.45) is 0 Å². The SMILES string of the molecule is CCOc1ccc(C(O)=C2C(=O)C(=O)N(Cc3cccnc3)[C@@H]2c2ccc(C(C)C)cc2)cc1C. The average molecular weight is 471 g/mol. The van der Waals surface area contributed by atoms with Crippen molar-refractivity contribution < 1.29 is 19.4 Å². The second-order valence-electron chi connectivity index (χ2n) is 9.02. The van der Waals surface area contributed by atoms with Crippen LogP contribution in [-0.2, 0) is 16.1 Å². The lowest BCUT2D eigenvalue weighted by molar-refractivity contribution is -0.140. The minimum Gasteiger partial charge on any atom is -0.507 e. The quantitative estimate of drug-likeness (QED) is 0.279. The molecule has 6 nitrogen and oxygen atoms in total. The summed E-state index contributed by atoms with van der Waals surface area (Å²) in [6.07, 6.45) is 3.34. The summed E-state index contributed by atoms with van der Waals surface area (Å²) in [6, 6.07) is 16.1. The molecule has 1 aliphatic rings. The molecule has 3 aromatic rings. The highest BCUT2D eigenvalue weighted by molar-refractivity contribution is 6.46. The number of aromatic nitrogens is 1. The van der Waals surface area contributed by atoms with E-state index in [9.17, 15) is 14.7 Å². The normalized spacial score (nSPS) is 17.3. The first kappa shape index (κ1) is 24.2. The van der Waals surface area contributed by atoms with E-state index in [2.05, 4.69) is 18.8 Å². The maximum atomic E-state index is 13.3. The van der Waals surface area contributed by atoms with Gasteiger partial charge in [0.25, 0.3) is 11.7 Å². The molecule has 0 unspecified atom stereocenters. The van der Waals surface area contributed by atoms with E-state index in [1.165, 1.54) is 4.90 Å². The van der Waals surface area contributed by atoms with Crippen LogP contribution in [0.3, 0.4) is 0 Å². The molecule has 1 fully saturated rings. The lowest BCUT2D eigenvalue weighted by atomic mass is 9.93. The molecule has 0 radical (unpaired) electrons. The lowest BCUT2D eigenvalue weighted by Crippen LogP contribution is -2.29. The Kier molecular flexibility index (Phi) is 7.01. The summed E-state index contributed by atoms with van der Waals surface area (Å²) in [7, 11) is 0. The number of Topliss-reactive ketones (excluding diaryl/α,β-unsaturated/α-hetero) is 1. The van der Waals surface area contributed by atoms with Gasteiger partial charge in [-0.25, -0.2) is 0 Å². The van der Waals surface area contributed by atoms with E-state index in [1.807, 2.05) is 44.2 Å². The minimum absolute atomic E-state index is 0.0831. The number of ether oxygens (including phenoxy) is 1. The van der Waals surface area contributed by atoms with Crippen molar-refractivity contribution >= 4 is 17.4 Å². The van der Waals surface area contributed by atoms with Crippen molar-refractivity contribution in [1.82, 2.24) is 9.88 Å². The van der Waals surface area contributed by atoms with Crippen molar-refractivity contribution in [3.8, 4) is 5.75 Å². The van der Waals surface area contributed by atoms with Gasteiger partial charge in [-0.3, -0.25) is 14.6 Å². The van der Waals surface area contributed by atoms with Crippen LogP contribution in [0.15, 0.2) is 72.6 Å². The van der Waals surface area contributed by atoms with Crippen LogP contribution in [0.5, 0.6) is 5.75 Å². The third kappa shape index (κ3) is 4.83. The summed E-state index contributed by atoms with van der Waals surface area (Å²) in [5.41, 5.74) is 4.10. The van der Waals surface area contributed by atoms with Gasteiger partial charge in [-0.05, 0) is 66.3 Å². The molecule has 0 spiro atoms. The van der Waals surface area contributed by atoms with Gasteiger partial charge in [0.2, 0.25) is 0 Å². The number of nitrogens with zero attached hydrogens (tertiary/aromatic N) is 2. The Morgan fingerprint density at radius 2 is 1.86 bits per heavy atom. The summed E-state index contributed by atoms with van der Waals surface area (Å²) >= 11 is 0. The number of carbonyl (C=O) groups excluding carboxylic acids is 2. The number of ketones is 1. The molecular weight excluding hydrogens is 440 g/mol. The van der Waals surface area contributed by atoms with Crippen LogP contribution in [0.2, 0.25) is 0 Å². The number of likely N-dealkylation sites (tertiary alicyclic amines) is 1. The molecule has 1 saturated heterocycles. The third-order valence-corrected chi connectivity index (χ3v) is 6.28. The van der Waals surface area contributed by atoms with E-state index in [0.29, 0.717) is 23.8 Å². The molecule has 35 heavy (non-hydrogen) atoms. The van der Waals surface area contributed by atoms with Crippen LogP contribution in [0.4, 0.5) is 0 Å². The molecule has 0 aliphatic carbocycles. The minimum atomic E-state index is -0.719. The van der Waals surface area contributed by atoms with E-state index in [-0.39, 0.29) is 17.9 Å². The summed E-state index contributed by atoms with van der Waals surface area (Å²) in [5, 5.41) is 11.3. The predicted octanol–water partition coefficient (Wildman–Crippen LogP) is 5.53. The Labute approximate surface area is 205 Å². The largest absolute Gasteiger partial charge is 0.507 e. The zero-order chi connectivity index (χ0) is 25.1. The Bertz CT molecular complexity index is 1260. The first-order valence-electron chi connectivity index (χ1n) is 11.8. The topological polar surface area (TPSA) is 79.7 Å². The molecular formula is C29H30N2O4. The number of aryl methyl sites for hydroxylation is 1. The van der Waals surface area contributed by atoms with Gasteiger partial charge in [0.05, 0.1) is 18.2 Å². The molecule has 1 amide bonds. The zero-order valence-electron chi connectivity index (χ0n) is 20.5. The first-order chi connectivity index (χ1) is 16.8. The van der Waals surface area contributed by atoms with Crippen LogP contribution in [0, 0.1) is 6.92 Å². The van der Waals surface area contributed by atoms with E-state index in [4.69, 9.17) is 4.74 Å². The van der Waals surface area contributed by atoms with Gasteiger partial charge in [0.1, 0.15) is 11.5 Å². The van der Waals surface area contributed by atoms with Crippen molar-refractivity contribution in [1.29, 1.82) is 0 Å². The van der Waals surface area contributed by atoms with Gasteiger partial charge < -0.3 is 14.7 Å². The maximum Gasteiger partial charge on any atom is 0.295 e. The second kappa shape index (κ2) is 10.1. The molecule has 1 aromatic heterocycles. The lowest BCUT2D eigenvalue weighted by Gasteiger charge is -2.25. The van der Waals surface area contributed by atoms with Crippen LogP contribution >= 0.6 is 0 Å². The first-order valence-corrected chi connectivity index (χ1v) is 11.8. The van der Waals surface area contributed by atoms with E-state index < -0.39 is 17.7 Å². The van der Waals surface area contributed by atoms with Crippen molar-refractivity contribution in [2.45, 2.75) is 46.2 Å². The highest BCUT2D eigenvalue weighted by Gasteiger charge is 2.46. The number of rotatable bonds is 7. The molecule has 0 bridgehead atoms. The maximum absolute atomic E-state index is 13.3. The third-order valence-electron chi connectivity index (χ3n) is 6.28. The van der Waals surface area contributed by atoms with Gasteiger partial charge >= 0.3 is 0 Å². The van der Waals surface area contributed by atoms with Crippen molar-refractivity contribution in [3.63, 3.8) is 0 Å². The molecule has 6 heteroatoms.